The molecule has 0 unspecified atom stereocenters. The van der Waals surface area contributed by atoms with Gasteiger partial charge >= 0.3 is 0 Å². The summed E-state index contributed by atoms with van der Waals surface area (Å²) in [5.41, 5.74) is 2.34. The lowest BCUT2D eigenvalue weighted by atomic mass is 10.2. The molecule has 3 rings (SSSR count). The summed E-state index contributed by atoms with van der Waals surface area (Å²) in [4.78, 5) is 10.8. The summed E-state index contributed by atoms with van der Waals surface area (Å²) in [7, 11) is 0. The second-order valence-electron chi connectivity index (χ2n) is 5.18. The van der Waals surface area contributed by atoms with Crippen molar-refractivity contribution in [3.63, 3.8) is 0 Å². The molecule has 0 spiro atoms. The third-order valence-corrected chi connectivity index (χ3v) is 3.64. The first-order chi connectivity index (χ1) is 10.3. The largest absolute Gasteiger partial charge is 0.372 e. The number of aromatic nitrogens is 2. The Bertz CT molecular complexity index is 575. The molecule has 1 saturated heterocycles. The van der Waals surface area contributed by atoms with Crippen molar-refractivity contribution in [2.24, 2.45) is 0 Å². The fraction of sp³-hybridized carbons (Fsp3) is 0.375. The molecule has 1 aromatic carbocycles. The number of nitrogens with zero attached hydrogens (tertiary/aromatic N) is 3. The van der Waals surface area contributed by atoms with Gasteiger partial charge in [-0.05, 0) is 44.0 Å². The van der Waals surface area contributed by atoms with Crippen LogP contribution in [0.4, 0.5) is 23.0 Å². The maximum absolute atomic E-state index is 4.24. The van der Waals surface area contributed by atoms with E-state index in [2.05, 4.69) is 49.8 Å². The summed E-state index contributed by atoms with van der Waals surface area (Å²) < 4.78 is 0. The van der Waals surface area contributed by atoms with Gasteiger partial charge < -0.3 is 15.5 Å². The minimum atomic E-state index is 0.801. The monoisotopic (exact) mass is 283 g/mol. The van der Waals surface area contributed by atoms with Crippen LogP contribution < -0.4 is 15.5 Å². The van der Waals surface area contributed by atoms with Crippen LogP contribution in [-0.2, 0) is 0 Å². The molecule has 5 heteroatoms. The predicted octanol–water partition coefficient (Wildman–Crippen LogP) is 3.25. The van der Waals surface area contributed by atoms with E-state index >= 15 is 0 Å². The van der Waals surface area contributed by atoms with Gasteiger partial charge in [0.05, 0.1) is 0 Å². The van der Waals surface area contributed by atoms with Crippen molar-refractivity contribution in [3.05, 3.63) is 36.7 Å². The highest BCUT2D eigenvalue weighted by Gasteiger charge is 2.11. The van der Waals surface area contributed by atoms with Crippen molar-refractivity contribution in [2.75, 3.05) is 35.2 Å². The highest BCUT2D eigenvalue weighted by molar-refractivity contribution is 5.62. The van der Waals surface area contributed by atoms with Crippen molar-refractivity contribution < 1.29 is 0 Å². The molecule has 2 heterocycles. The highest BCUT2D eigenvalue weighted by Crippen LogP contribution is 2.23. The summed E-state index contributed by atoms with van der Waals surface area (Å²) in [5, 5.41) is 6.49. The number of nitrogens with one attached hydrogen (secondary N) is 2. The SMILES string of the molecule is CCNc1cc(Nc2ccc(N3CCCC3)cc2)ncn1. The second-order valence-corrected chi connectivity index (χ2v) is 5.18. The van der Waals surface area contributed by atoms with E-state index in [9.17, 15) is 0 Å². The number of rotatable bonds is 5. The molecule has 1 aromatic heterocycles. The Morgan fingerprint density at radius 2 is 1.76 bits per heavy atom. The third kappa shape index (κ3) is 3.42. The normalized spacial score (nSPS) is 14.2. The summed E-state index contributed by atoms with van der Waals surface area (Å²) in [6, 6.07) is 10.4. The molecule has 0 saturated carbocycles. The molecular formula is C16H21N5. The zero-order valence-electron chi connectivity index (χ0n) is 12.3. The molecule has 1 aliphatic heterocycles. The van der Waals surface area contributed by atoms with Gasteiger partial charge in [-0.1, -0.05) is 0 Å². The van der Waals surface area contributed by atoms with E-state index in [1.54, 1.807) is 6.33 Å². The van der Waals surface area contributed by atoms with E-state index in [4.69, 9.17) is 0 Å². The minimum Gasteiger partial charge on any atom is -0.372 e. The van der Waals surface area contributed by atoms with Crippen LogP contribution in [-0.4, -0.2) is 29.6 Å². The molecule has 0 radical (unpaired) electrons. The molecule has 2 N–H and O–H groups in total. The fourth-order valence-electron chi connectivity index (χ4n) is 2.58. The number of hydrogen-bond donors (Lipinski definition) is 2. The average Bonchev–Trinajstić information content (AvgIpc) is 3.03. The Labute approximate surface area is 125 Å². The maximum atomic E-state index is 4.24. The van der Waals surface area contributed by atoms with E-state index < -0.39 is 0 Å². The standard InChI is InChI=1S/C16H21N5/c1-2-17-15-11-16(19-12-18-15)20-13-5-7-14(8-6-13)21-9-3-4-10-21/h5-8,11-12H,2-4,9-10H2,1H3,(H2,17,18,19,20). The molecule has 1 aliphatic rings. The Morgan fingerprint density at radius 3 is 2.48 bits per heavy atom. The van der Waals surface area contributed by atoms with Gasteiger partial charge in [-0.15, -0.1) is 0 Å². The lowest BCUT2D eigenvalue weighted by Crippen LogP contribution is -2.17. The smallest absolute Gasteiger partial charge is 0.135 e. The molecule has 2 aromatic rings. The molecule has 5 nitrogen and oxygen atoms in total. The van der Waals surface area contributed by atoms with Gasteiger partial charge in [-0.25, -0.2) is 9.97 Å². The van der Waals surface area contributed by atoms with Crippen LogP contribution in [0.5, 0.6) is 0 Å². The van der Waals surface area contributed by atoms with Crippen LogP contribution >= 0.6 is 0 Å². The van der Waals surface area contributed by atoms with Crippen molar-refractivity contribution in [1.29, 1.82) is 0 Å². The van der Waals surface area contributed by atoms with Crippen LogP contribution in [0.1, 0.15) is 19.8 Å². The first-order valence-corrected chi connectivity index (χ1v) is 7.53. The van der Waals surface area contributed by atoms with Crippen molar-refractivity contribution in [1.82, 2.24) is 9.97 Å². The summed E-state index contributed by atoms with van der Waals surface area (Å²) in [6.07, 6.45) is 4.17. The highest BCUT2D eigenvalue weighted by atomic mass is 15.1. The van der Waals surface area contributed by atoms with E-state index in [-0.39, 0.29) is 0 Å². The van der Waals surface area contributed by atoms with Crippen molar-refractivity contribution >= 4 is 23.0 Å². The number of anilines is 4. The first-order valence-electron chi connectivity index (χ1n) is 7.53. The number of benzene rings is 1. The van der Waals surface area contributed by atoms with Gasteiger partial charge in [0.25, 0.3) is 0 Å². The Hall–Kier alpha value is -2.30. The zero-order chi connectivity index (χ0) is 14.5. The quantitative estimate of drug-likeness (QED) is 0.882. The average molecular weight is 283 g/mol. The molecule has 0 atom stereocenters. The molecule has 0 bridgehead atoms. The van der Waals surface area contributed by atoms with Gasteiger partial charge in [-0.3, -0.25) is 0 Å². The zero-order valence-corrected chi connectivity index (χ0v) is 12.3. The van der Waals surface area contributed by atoms with E-state index in [1.165, 1.54) is 31.6 Å². The van der Waals surface area contributed by atoms with Crippen LogP contribution in [0, 0.1) is 0 Å². The molecule has 0 amide bonds. The molecule has 21 heavy (non-hydrogen) atoms. The Morgan fingerprint density at radius 1 is 1.05 bits per heavy atom. The maximum Gasteiger partial charge on any atom is 0.135 e. The first kappa shape index (κ1) is 13.7. The second kappa shape index (κ2) is 6.43. The van der Waals surface area contributed by atoms with Gasteiger partial charge in [0.2, 0.25) is 0 Å². The van der Waals surface area contributed by atoms with E-state index in [0.29, 0.717) is 0 Å². The Kier molecular flexibility index (Phi) is 4.19. The Balaban J connectivity index is 1.68. The van der Waals surface area contributed by atoms with Gasteiger partial charge in [0.1, 0.15) is 18.0 Å². The number of hydrogen-bond acceptors (Lipinski definition) is 5. The van der Waals surface area contributed by atoms with Gasteiger partial charge in [-0.2, -0.15) is 0 Å². The van der Waals surface area contributed by atoms with Gasteiger partial charge in [0, 0.05) is 37.1 Å². The molecule has 0 aliphatic carbocycles. The lowest BCUT2D eigenvalue weighted by Gasteiger charge is -2.17. The fourth-order valence-corrected chi connectivity index (χ4v) is 2.58. The summed E-state index contributed by atoms with van der Waals surface area (Å²) in [5.74, 6) is 1.64. The predicted molar refractivity (Wildman–Crippen MR) is 87.4 cm³/mol. The van der Waals surface area contributed by atoms with Gasteiger partial charge in [0.15, 0.2) is 0 Å². The molecule has 1 fully saturated rings. The van der Waals surface area contributed by atoms with Crippen LogP contribution in [0.25, 0.3) is 0 Å². The van der Waals surface area contributed by atoms with Crippen LogP contribution in [0.15, 0.2) is 36.7 Å². The van der Waals surface area contributed by atoms with Crippen molar-refractivity contribution in [3.8, 4) is 0 Å². The van der Waals surface area contributed by atoms with E-state index in [1.807, 2.05) is 13.0 Å². The molecule has 110 valence electrons. The van der Waals surface area contributed by atoms with Crippen LogP contribution in [0.3, 0.4) is 0 Å². The summed E-state index contributed by atoms with van der Waals surface area (Å²) >= 11 is 0. The van der Waals surface area contributed by atoms with Crippen LogP contribution in [0.2, 0.25) is 0 Å². The molecular weight excluding hydrogens is 262 g/mol. The topological polar surface area (TPSA) is 53.1 Å². The third-order valence-electron chi connectivity index (χ3n) is 3.64. The van der Waals surface area contributed by atoms with E-state index in [0.717, 1.165) is 23.9 Å². The summed E-state index contributed by atoms with van der Waals surface area (Å²) in [6.45, 7) is 5.24. The lowest BCUT2D eigenvalue weighted by molar-refractivity contribution is 0.949. The van der Waals surface area contributed by atoms with Crippen molar-refractivity contribution in [2.45, 2.75) is 19.8 Å². The minimum absolute atomic E-state index is 0.801.